The molecule has 0 aromatic heterocycles. The molecule has 0 bridgehead atoms. The SMILES string of the molecule is CC1(C)CC(c2ccc3ccccc3c2)CS1. The molecule has 1 fully saturated rings. The van der Waals surface area contributed by atoms with Crippen LogP contribution in [0, 0.1) is 0 Å². The summed E-state index contributed by atoms with van der Waals surface area (Å²) in [6.07, 6.45) is 1.30. The molecule has 17 heavy (non-hydrogen) atoms. The number of hydrogen-bond acceptors (Lipinski definition) is 1. The van der Waals surface area contributed by atoms with Crippen LogP contribution in [0.4, 0.5) is 0 Å². The molecule has 1 heteroatoms. The molecule has 3 rings (SSSR count). The highest BCUT2D eigenvalue weighted by Gasteiger charge is 2.32. The molecule has 1 aliphatic heterocycles. The van der Waals surface area contributed by atoms with E-state index in [0.29, 0.717) is 4.75 Å². The highest BCUT2D eigenvalue weighted by Crippen LogP contribution is 2.45. The third kappa shape index (κ3) is 2.21. The van der Waals surface area contributed by atoms with Gasteiger partial charge in [0.1, 0.15) is 0 Å². The predicted octanol–water partition coefficient (Wildman–Crippen LogP) is 4.84. The molecule has 0 amide bonds. The van der Waals surface area contributed by atoms with E-state index in [1.807, 2.05) is 0 Å². The van der Waals surface area contributed by atoms with Gasteiger partial charge in [-0.2, -0.15) is 11.8 Å². The Kier molecular flexibility index (Phi) is 2.67. The van der Waals surface area contributed by atoms with Crippen LogP contribution in [0.3, 0.4) is 0 Å². The second kappa shape index (κ2) is 4.06. The van der Waals surface area contributed by atoms with Crippen molar-refractivity contribution in [2.45, 2.75) is 30.9 Å². The quantitative estimate of drug-likeness (QED) is 0.689. The summed E-state index contributed by atoms with van der Waals surface area (Å²) in [7, 11) is 0. The minimum absolute atomic E-state index is 0.455. The van der Waals surface area contributed by atoms with Crippen molar-refractivity contribution >= 4 is 22.5 Å². The highest BCUT2D eigenvalue weighted by molar-refractivity contribution is 8.00. The maximum absolute atomic E-state index is 2.38. The molecule has 0 saturated carbocycles. The van der Waals surface area contributed by atoms with Gasteiger partial charge in [-0.25, -0.2) is 0 Å². The van der Waals surface area contributed by atoms with Gasteiger partial charge in [0.25, 0.3) is 0 Å². The maximum atomic E-state index is 2.38. The van der Waals surface area contributed by atoms with E-state index in [1.165, 1.54) is 28.5 Å². The zero-order valence-electron chi connectivity index (χ0n) is 10.4. The van der Waals surface area contributed by atoms with Crippen molar-refractivity contribution in [3.05, 3.63) is 48.0 Å². The lowest BCUT2D eigenvalue weighted by Crippen LogP contribution is -2.09. The first kappa shape index (κ1) is 11.2. The molecule has 0 spiro atoms. The van der Waals surface area contributed by atoms with E-state index in [2.05, 4.69) is 68.1 Å². The lowest BCUT2D eigenvalue weighted by Gasteiger charge is -2.16. The van der Waals surface area contributed by atoms with Crippen LogP contribution in [-0.2, 0) is 0 Å². The van der Waals surface area contributed by atoms with Gasteiger partial charge in [-0.05, 0) is 28.7 Å². The molecule has 0 N–H and O–H groups in total. The summed E-state index contributed by atoms with van der Waals surface area (Å²) in [5.74, 6) is 2.00. The van der Waals surface area contributed by atoms with Gasteiger partial charge in [-0.3, -0.25) is 0 Å². The molecule has 1 unspecified atom stereocenters. The normalized spacial score (nSPS) is 23.1. The van der Waals surface area contributed by atoms with Gasteiger partial charge in [0.2, 0.25) is 0 Å². The van der Waals surface area contributed by atoms with Crippen LogP contribution in [0.2, 0.25) is 0 Å². The zero-order chi connectivity index (χ0) is 11.9. The van der Waals surface area contributed by atoms with Gasteiger partial charge in [0.15, 0.2) is 0 Å². The largest absolute Gasteiger partial charge is 0.155 e. The summed E-state index contributed by atoms with van der Waals surface area (Å²) in [4.78, 5) is 0. The van der Waals surface area contributed by atoms with Crippen molar-refractivity contribution in [3.8, 4) is 0 Å². The van der Waals surface area contributed by atoms with Gasteiger partial charge in [-0.15, -0.1) is 0 Å². The lowest BCUT2D eigenvalue weighted by molar-refractivity contribution is 0.606. The number of thioether (sulfide) groups is 1. The first-order chi connectivity index (χ1) is 8.14. The van der Waals surface area contributed by atoms with Crippen molar-refractivity contribution in [1.82, 2.24) is 0 Å². The summed E-state index contributed by atoms with van der Waals surface area (Å²) >= 11 is 2.11. The second-order valence-corrected chi connectivity index (χ2v) is 7.31. The van der Waals surface area contributed by atoms with Crippen molar-refractivity contribution in [3.63, 3.8) is 0 Å². The Morgan fingerprint density at radius 2 is 1.82 bits per heavy atom. The first-order valence-corrected chi connectivity index (χ1v) is 7.25. The van der Waals surface area contributed by atoms with Crippen molar-refractivity contribution in [1.29, 1.82) is 0 Å². The van der Waals surface area contributed by atoms with Crippen LogP contribution in [0.25, 0.3) is 10.8 Å². The van der Waals surface area contributed by atoms with Gasteiger partial charge in [0, 0.05) is 10.5 Å². The van der Waals surface area contributed by atoms with Gasteiger partial charge in [0.05, 0.1) is 0 Å². The van der Waals surface area contributed by atoms with E-state index < -0.39 is 0 Å². The van der Waals surface area contributed by atoms with E-state index >= 15 is 0 Å². The highest BCUT2D eigenvalue weighted by atomic mass is 32.2. The number of rotatable bonds is 1. The van der Waals surface area contributed by atoms with Crippen LogP contribution in [-0.4, -0.2) is 10.5 Å². The fraction of sp³-hybridized carbons (Fsp3) is 0.375. The van der Waals surface area contributed by atoms with Crippen LogP contribution >= 0.6 is 11.8 Å². The van der Waals surface area contributed by atoms with Crippen LogP contribution < -0.4 is 0 Å². The predicted molar refractivity (Wildman–Crippen MR) is 77.8 cm³/mol. The van der Waals surface area contributed by atoms with E-state index in [9.17, 15) is 0 Å². The fourth-order valence-electron chi connectivity index (χ4n) is 2.71. The molecule has 0 aliphatic carbocycles. The van der Waals surface area contributed by atoms with Crippen molar-refractivity contribution in [2.24, 2.45) is 0 Å². The summed E-state index contributed by atoms with van der Waals surface area (Å²) in [6, 6.07) is 15.6. The molecule has 88 valence electrons. The third-order valence-corrected chi connectivity index (χ3v) is 5.18. The summed E-state index contributed by atoms with van der Waals surface area (Å²) in [5, 5.41) is 2.72. The lowest BCUT2D eigenvalue weighted by atomic mass is 9.91. The topological polar surface area (TPSA) is 0 Å². The maximum Gasteiger partial charge on any atom is 0.0110 e. The molecule has 0 nitrogen and oxygen atoms in total. The minimum atomic E-state index is 0.455. The van der Waals surface area contributed by atoms with E-state index in [4.69, 9.17) is 0 Å². The summed E-state index contributed by atoms with van der Waals surface area (Å²) < 4.78 is 0.455. The Labute approximate surface area is 107 Å². The molecule has 1 atom stereocenters. The minimum Gasteiger partial charge on any atom is -0.155 e. The van der Waals surface area contributed by atoms with Crippen LogP contribution in [0.1, 0.15) is 31.7 Å². The van der Waals surface area contributed by atoms with Crippen LogP contribution in [0.5, 0.6) is 0 Å². The number of benzene rings is 2. The average molecular weight is 242 g/mol. The zero-order valence-corrected chi connectivity index (χ0v) is 11.3. The van der Waals surface area contributed by atoms with Crippen molar-refractivity contribution in [2.75, 3.05) is 5.75 Å². The standard InChI is InChI=1S/C16H18S/c1-16(2)10-15(11-17-16)14-8-7-12-5-3-4-6-13(12)9-14/h3-9,15H,10-11H2,1-2H3. The average Bonchev–Trinajstić information content (AvgIpc) is 2.69. The first-order valence-electron chi connectivity index (χ1n) is 6.27. The van der Waals surface area contributed by atoms with Crippen LogP contribution in [0.15, 0.2) is 42.5 Å². The number of fused-ring (bicyclic) bond motifs is 1. The Morgan fingerprint density at radius 1 is 1.06 bits per heavy atom. The summed E-state index contributed by atoms with van der Waals surface area (Å²) in [5.41, 5.74) is 1.52. The smallest absolute Gasteiger partial charge is 0.0110 e. The molecule has 1 aliphatic rings. The Balaban J connectivity index is 1.96. The molecule has 1 heterocycles. The molecular formula is C16H18S. The number of hydrogen-bond donors (Lipinski definition) is 0. The Morgan fingerprint density at radius 3 is 2.53 bits per heavy atom. The third-order valence-electron chi connectivity index (χ3n) is 3.66. The van der Waals surface area contributed by atoms with Crippen molar-refractivity contribution < 1.29 is 0 Å². The monoisotopic (exact) mass is 242 g/mol. The molecule has 1 saturated heterocycles. The summed E-state index contributed by atoms with van der Waals surface area (Å²) in [6.45, 7) is 4.72. The Hall–Kier alpha value is -0.950. The van der Waals surface area contributed by atoms with E-state index in [0.717, 1.165) is 5.92 Å². The molecule has 0 radical (unpaired) electrons. The van der Waals surface area contributed by atoms with Gasteiger partial charge in [-0.1, -0.05) is 56.3 Å². The second-order valence-electron chi connectivity index (χ2n) is 5.58. The molecule has 2 aromatic carbocycles. The molecular weight excluding hydrogens is 224 g/mol. The Bertz CT molecular complexity index is 542. The molecule has 2 aromatic rings. The van der Waals surface area contributed by atoms with E-state index in [1.54, 1.807) is 0 Å². The van der Waals surface area contributed by atoms with E-state index in [-0.39, 0.29) is 0 Å². The van der Waals surface area contributed by atoms with Gasteiger partial charge >= 0.3 is 0 Å². The fourth-order valence-corrected chi connectivity index (χ4v) is 3.99. The van der Waals surface area contributed by atoms with Gasteiger partial charge < -0.3 is 0 Å².